The third-order valence-corrected chi connectivity index (χ3v) is 4.55. The van der Waals surface area contributed by atoms with E-state index in [1.165, 1.54) is 6.08 Å². The van der Waals surface area contributed by atoms with E-state index in [2.05, 4.69) is 0 Å². The van der Waals surface area contributed by atoms with Gasteiger partial charge >= 0.3 is 11.9 Å². The quantitative estimate of drug-likeness (QED) is 0.360. The van der Waals surface area contributed by atoms with Gasteiger partial charge in [-0.2, -0.15) is 0 Å². The van der Waals surface area contributed by atoms with Crippen LogP contribution in [0.2, 0.25) is 0 Å². The molecule has 0 aromatic heterocycles. The van der Waals surface area contributed by atoms with Crippen LogP contribution in [0.3, 0.4) is 0 Å². The van der Waals surface area contributed by atoms with Gasteiger partial charge in [0.25, 0.3) is 5.91 Å². The smallest absolute Gasteiger partial charge is 0.334 e. The predicted molar refractivity (Wildman–Crippen MR) is 85.9 cm³/mol. The molecule has 3 rings (SSSR count). The predicted octanol–water partition coefficient (Wildman–Crippen LogP) is -2.19. The van der Waals surface area contributed by atoms with Crippen molar-refractivity contribution in [3.05, 3.63) is 23.7 Å². The summed E-state index contributed by atoms with van der Waals surface area (Å²) in [6.07, 6.45) is -0.667. The van der Waals surface area contributed by atoms with Gasteiger partial charge in [-0.3, -0.25) is 24.2 Å². The Bertz CT molecular complexity index is 775. The molecule has 4 atom stereocenters. The molecule has 3 fully saturated rings. The Hall–Kier alpha value is -3.12. The van der Waals surface area contributed by atoms with Gasteiger partial charge in [-0.15, -0.1) is 0 Å². The average molecular weight is 398 g/mol. The minimum Gasteiger partial charge on any atom is -0.481 e. The Balaban J connectivity index is 2.00. The third-order valence-electron chi connectivity index (χ3n) is 4.55. The van der Waals surface area contributed by atoms with E-state index < -0.39 is 67.9 Å². The average Bonchev–Trinajstić information content (AvgIpc) is 3.09. The maximum atomic E-state index is 13.2. The Kier molecular flexibility index (Phi) is 5.25. The fourth-order valence-electron chi connectivity index (χ4n) is 3.43. The standard InChI is InChI=1S/C16H18N2O10/c19-3-1-7-13(17-9(21)5-10(17)27-7)15(24)18-11(6-12(22)23)28-8(2-4-20)14(18)16(25)26/h1-2,10-11,13-14,19-20H,3-6H2,(H,22,23)(H,25,26)/b7-1-,8-2-/t10-,11-,13-,14-/m1/s1. The lowest BCUT2D eigenvalue weighted by atomic mass is 10.1. The molecule has 3 aliphatic heterocycles. The van der Waals surface area contributed by atoms with Gasteiger partial charge in [-0.05, 0) is 12.2 Å². The summed E-state index contributed by atoms with van der Waals surface area (Å²) in [6.45, 7) is -1.07. The number of carboxylic acid groups (broad SMARTS) is 2. The van der Waals surface area contributed by atoms with Gasteiger partial charge in [0, 0.05) is 0 Å². The summed E-state index contributed by atoms with van der Waals surface area (Å²) in [5.74, 6) is -4.48. The number of carbonyl (C=O) groups is 4. The second kappa shape index (κ2) is 7.48. The monoisotopic (exact) mass is 398 g/mol. The number of ether oxygens (including phenoxy) is 2. The summed E-state index contributed by atoms with van der Waals surface area (Å²) in [5, 5.41) is 36.9. The van der Waals surface area contributed by atoms with Gasteiger partial charge in [-0.25, -0.2) is 4.79 Å². The zero-order chi connectivity index (χ0) is 20.6. The van der Waals surface area contributed by atoms with Crippen molar-refractivity contribution >= 4 is 23.8 Å². The molecule has 3 heterocycles. The van der Waals surface area contributed by atoms with Crippen LogP contribution in [-0.2, 0) is 28.7 Å². The van der Waals surface area contributed by atoms with Crippen LogP contribution in [0.5, 0.6) is 0 Å². The highest BCUT2D eigenvalue weighted by Crippen LogP contribution is 2.39. The van der Waals surface area contributed by atoms with E-state index >= 15 is 0 Å². The third kappa shape index (κ3) is 3.16. The molecule has 0 saturated carbocycles. The van der Waals surface area contributed by atoms with Crippen LogP contribution in [-0.4, -0.2) is 91.7 Å². The van der Waals surface area contributed by atoms with E-state index in [1.807, 2.05) is 0 Å². The van der Waals surface area contributed by atoms with Crippen molar-refractivity contribution < 1.29 is 49.1 Å². The summed E-state index contributed by atoms with van der Waals surface area (Å²) >= 11 is 0. The first-order valence-electron chi connectivity index (χ1n) is 8.33. The molecular formula is C16H18N2O10. The number of carboxylic acids is 2. The van der Waals surface area contributed by atoms with Crippen LogP contribution in [0, 0.1) is 0 Å². The summed E-state index contributed by atoms with van der Waals surface area (Å²) < 4.78 is 10.8. The van der Waals surface area contributed by atoms with Crippen molar-refractivity contribution in [2.75, 3.05) is 13.2 Å². The molecular weight excluding hydrogens is 380 g/mol. The maximum Gasteiger partial charge on any atom is 0.334 e. The van der Waals surface area contributed by atoms with Gasteiger partial charge in [0.15, 0.2) is 24.5 Å². The lowest BCUT2D eigenvalue weighted by Crippen LogP contribution is -2.59. The van der Waals surface area contributed by atoms with Crippen LogP contribution < -0.4 is 0 Å². The van der Waals surface area contributed by atoms with Crippen LogP contribution in [0.4, 0.5) is 0 Å². The summed E-state index contributed by atoms with van der Waals surface area (Å²) in [4.78, 5) is 49.9. The fraction of sp³-hybridized carbons (Fsp3) is 0.500. The van der Waals surface area contributed by atoms with Crippen LogP contribution in [0.25, 0.3) is 0 Å². The highest BCUT2D eigenvalue weighted by atomic mass is 16.5. The first kappa shape index (κ1) is 19.6. The van der Waals surface area contributed by atoms with Crippen molar-refractivity contribution in [2.24, 2.45) is 0 Å². The number of β-lactam (4-membered cyclic amide) rings is 1. The normalized spacial score (nSPS) is 31.4. The Morgan fingerprint density at radius 1 is 1.04 bits per heavy atom. The van der Waals surface area contributed by atoms with Gasteiger partial charge in [0.2, 0.25) is 5.91 Å². The Morgan fingerprint density at radius 2 is 1.64 bits per heavy atom. The molecule has 0 unspecified atom stereocenters. The van der Waals surface area contributed by atoms with E-state index in [0.717, 1.165) is 11.0 Å². The Labute approximate surface area is 157 Å². The van der Waals surface area contributed by atoms with Gasteiger partial charge in [0.1, 0.15) is 17.9 Å². The first-order chi connectivity index (χ1) is 13.3. The molecule has 0 aliphatic carbocycles. The van der Waals surface area contributed by atoms with E-state index in [1.54, 1.807) is 0 Å². The second-order valence-electron chi connectivity index (χ2n) is 6.21. The minimum atomic E-state index is -1.69. The van der Waals surface area contributed by atoms with Crippen molar-refractivity contribution in [3.8, 4) is 0 Å². The molecule has 152 valence electrons. The zero-order valence-corrected chi connectivity index (χ0v) is 14.4. The maximum absolute atomic E-state index is 13.2. The van der Waals surface area contributed by atoms with Gasteiger partial charge in [0.05, 0.1) is 19.6 Å². The first-order valence-corrected chi connectivity index (χ1v) is 8.33. The van der Waals surface area contributed by atoms with Crippen molar-refractivity contribution in [3.63, 3.8) is 0 Å². The number of carbonyl (C=O) groups excluding carboxylic acids is 2. The minimum absolute atomic E-state index is 0.0267. The van der Waals surface area contributed by atoms with Crippen molar-refractivity contribution in [1.82, 2.24) is 9.80 Å². The van der Waals surface area contributed by atoms with Crippen molar-refractivity contribution in [1.29, 1.82) is 0 Å². The molecule has 12 heteroatoms. The number of aliphatic hydroxyl groups is 2. The van der Waals surface area contributed by atoms with Crippen LogP contribution >= 0.6 is 0 Å². The van der Waals surface area contributed by atoms with Crippen molar-refractivity contribution in [2.45, 2.75) is 37.4 Å². The molecule has 0 radical (unpaired) electrons. The zero-order valence-electron chi connectivity index (χ0n) is 14.4. The van der Waals surface area contributed by atoms with Crippen LogP contribution in [0.15, 0.2) is 23.7 Å². The van der Waals surface area contributed by atoms with E-state index in [-0.39, 0.29) is 17.9 Å². The SMILES string of the molecule is O=C(O)C[C@H]1O/C(=C\CO)[C@H](C(=O)O)N1C(=O)[C@H]1/C(=C/CO)O[C@@H]2CC(=O)N21. The molecule has 4 N–H and O–H groups in total. The topological polar surface area (TPSA) is 174 Å². The summed E-state index contributed by atoms with van der Waals surface area (Å²) in [6, 6.07) is -3.02. The molecule has 2 amide bonds. The van der Waals surface area contributed by atoms with E-state index in [9.17, 15) is 24.3 Å². The number of nitrogens with zero attached hydrogens (tertiary/aromatic N) is 2. The number of rotatable bonds is 6. The number of amides is 2. The van der Waals surface area contributed by atoms with Gasteiger partial charge < -0.3 is 29.9 Å². The largest absolute Gasteiger partial charge is 0.481 e. The molecule has 3 saturated heterocycles. The number of hydrogen-bond donors (Lipinski definition) is 4. The number of aliphatic hydroxyl groups excluding tert-OH is 2. The summed E-state index contributed by atoms with van der Waals surface area (Å²) in [7, 11) is 0. The summed E-state index contributed by atoms with van der Waals surface area (Å²) in [5.41, 5.74) is 0. The molecule has 0 spiro atoms. The molecule has 28 heavy (non-hydrogen) atoms. The highest BCUT2D eigenvalue weighted by molar-refractivity contribution is 5.96. The molecule has 0 bridgehead atoms. The lowest BCUT2D eigenvalue weighted by molar-refractivity contribution is -0.165. The molecule has 0 aromatic carbocycles. The molecule has 3 aliphatic rings. The fourth-order valence-corrected chi connectivity index (χ4v) is 3.43. The Morgan fingerprint density at radius 3 is 2.14 bits per heavy atom. The number of hydrogen-bond acceptors (Lipinski definition) is 8. The number of aliphatic carboxylic acids is 2. The van der Waals surface area contributed by atoms with E-state index in [4.69, 9.17) is 24.8 Å². The molecule has 12 nitrogen and oxygen atoms in total. The van der Waals surface area contributed by atoms with Gasteiger partial charge in [-0.1, -0.05) is 0 Å². The lowest BCUT2D eigenvalue weighted by Gasteiger charge is -2.36. The van der Waals surface area contributed by atoms with E-state index in [0.29, 0.717) is 4.90 Å². The second-order valence-corrected chi connectivity index (χ2v) is 6.21. The highest BCUT2D eigenvalue weighted by Gasteiger charge is 2.58. The number of fused-ring (bicyclic) bond motifs is 1. The van der Waals surface area contributed by atoms with Crippen LogP contribution in [0.1, 0.15) is 12.8 Å². The molecule has 0 aromatic rings.